The Hall–Kier alpha value is -1.52. The standard InChI is InChI=1S/C16H27N3O2/c1-12-10-19(11-14(12)15(20)21-3)16(17-2)18-9-8-13-6-4-5-7-13/h6,12,14H,4-5,7-11H2,1-3H3,(H,17,18). The molecule has 21 heavy (non-hydrogen) atoms. The smallest absolute Gasteiger partial charge is 0.310 e. The van der Waals surface area contributed by atoms with Crippen molar-refractivity contribution in [3.63, 3.8) is 0 Å². The molecule has 1 aliphatic carbocycles. The number of likely N-dealkylation sites (tertiary alicyclic amines) is 1. The first-order valence-electron chi connectivity index (χ1n) is 7.87. The minimum Gasteiger partial charge on any atom is -0.469 e. The average Bonchev–Trinajstić information content (AvgIpc) is 3.12. The van der Waals surface area contributed by atoms with Gasteiger partial charge in [-0.05, 0) is 31.6 Å². The Morgan fingerprint density at radius 2 is 2.33 bits per heavy atom. The van der Waals surface area contributed by atoms with Crippen LogP contribution >= 0.6 is 0 Å². The van der Waals surface area contributed by atoms with Crippen LogP contribution in [0.3, 0.4) is 0 Å². The Morgan fingerprint density at radius 1 is 1.52 bits per heavy atom. The van der Waals surface area contributed by atoms with Crippen LogP contribution in [0.25, 0.3) is 0 Å². The Labute approximate surface area is 127 Å². The van der Waals surface area contributed by atoms with E-state index in [4.69, 9.17) is 4.74 Å². The van der Waals surface area contributed by atoms with Gasteiger partial charge in [0.1, 0.15) is 0 Å². The molecule has 2 unspecified atom stereocenters. The molecule has 2 atom stereocenters. The van der Waals surface area contributed by atoms with Crippen molar-refractivity contribution in [2.75, 3.05) is 33.8 Å². The summed E-state index contributed by atoms with van der Waals surface area (Å²) in [6.45, 7) is 4.54. The Morgan fingerprint density at radius 3 is 2.95 bits per heavy atom. The van der Waals surface area contributed by atoms with E-state index in [1.165, 1.54) is 26.4 Å². The van der Waals surface area contributed by atoms with E-state index in [0.29, 0.717) is 12.5 Å². The number of aliphatic imine (C=N–C) groups is 1. The van der Waals surface area contributed by atoms with E-state index in [2.05, 4.69) is 28.2 Å². The van der Waals surface area contributed by atoms with Crippen LogP contribution in [0, 0.1) is 11.8 Å². The van der Waals surface area contributed by atoms with Crippen LogP contribution in [-0.4, -0.2) is 50.6 Å². The number of guanidine groups is 1. The zero-order valence-corrected chi connectivity index (χ0v) is 13.4. The highest BCUT2D eigenvalue weighted by atomic mass is 16.5. The molecular weight excluding hydrogens is 266 g/mol. The largest absolute Gasteiger partial charge is 0.469 e. The maximum absolute atomic E-state index is 11.8. The summed E-state index contributed by atoms with van der Waals surface area (Å²) in [5.74, 6) is 1.03. The Bertz CT molecular complexity index is 431. The van der Waals surface area contributed by atoms with Crippen LogP contribution in [-0.2, 0) is 9.53 Å². The van der Waals surface area contributed by atoms with Gasteiger partial charge in [0.2, 0.25) is 0 Å². The molecule has 5 nitrogen and oxygen atoms in total. The molecule has 0 amide bonds. The molecule has 0 spiro atoms. The van der Waals surface area contributed by atoms with Crippen molar-refractivity contribution >= 4 is 11.9 Å². The molecule has 118 valence electrons. The van der Waals surface area contributed by atoms with Crippen molar-refractivity contribution in [3.05, 3.63) is 11.6 Å². The number of carbonyl (C=O) groups excluding carboxylic acids is 1. The molecule has 0 aromatic rings. The van der Waals surface area contributed by atoms with E-state index in [0.717, 1.165) is 25.5 Å². The quantitative estimate of drug-likeness (QED) is 0.372. The molecule has 0 aromatic carbocycles. The number of hydrogen-bond acceptors (Lipinski definition) is 3. The number of hydrogen-bond donors (Lipinski definition) is 1. The van der Waals surface area contributed by atoms with Gasteiger partial charge in [-0.15, -0.1) is 0 Å². The van der Waals surface area contributed by atoms with Crippen molar-refractivity contribution < 1.29 is 9.53 Å². The molecular formula is C16H27N3O2. The van der Waals surface area contributed by atoms with Crippen molar-refractivity contribution in [3.8, 4) is 0 Å². The van der Waals surface area contributed by atoms with Crippen molar-refractivity contribution in [1.29, 1.82) is 0 Å². The molecule has 1 heterocycles. The summed E-state index contributed by atoms with van der Waals surface area (Å²) in [6.07, 6.45) is 7.22. The minimum atomic E-state index is -0.114. The molecule has 0 aromatic heterocycles. The highest BCUT2D eigenvalue weighted by Gasteiger charge is 2.36. The molecule has 2 aliphatic rings. The fourth-order valence-electron chi connectivity index (χ4n) is 3.23. The Kier molecular flexibility index (Phi) is 5.65. The van der Waals surface area contributed by atoms with E-state index < -0.39 is 0 Å². The van der Waals surface area contributed by atoms with E-state index in [1.54, 1.807) is 12.6 Å². The number of esters is 1. The predicted molar refractivity (Wildman–Crippen MR) is 84.2 cm³/mol. The predicted octanol–water partition coefficient (Wildman–Crippen LogP) is 1.80. The Balaban J connectivity index is 1.82. The lowest BCUT2D eigenvalue weighted by atomic mass is 9.99. The molecule has 1 aliphatic heterocycles. The van der Waals surface area contributed by atoms with E-state index in [9.17, 15) is 4.79 Å². The second kappa shape index (κ2) is 7.48. The van der Waals surface area contributed by atoms with Gasteiger partial charge in [-0.1, -0.05) is 18.6 Å². The van der Waals surface area contributed by atoms with Crippen LogP contribution in [0.4, 0.5) is 0 Å². The van der Waals surface area contributed by atoms with Crippen LogP contribution in [0.2, 0.25) is 0 Å². The first-order chi connectivity index (χ1) is 10.2. The first-order valence-corrected chi connectivity index (χ1v) is 7.87. The van der Waals surface area contributed by atoms with Crippen LogP contribution in [0.1, 0.15) is 32.6 Å². The van der Waals surface area contributed by atoms with Crippen molar-refractivity contribution in [1.82, 2.24) is 10.2 Å². The molecule has 2 rings (SSSR count). The van der Waals surface area contributed by atoms with Gasteiger partial charge < -0.3 is 15.0 Å². The number of ether oxygens (including phenoxy) is 1. The van der Waals surface area contributed by atoms with Crippen LogP contribution in [0.5, 0.6) is 0 Å². The van der Waals surface area contributed by atoms with E-state index in [1.807, 2.05) is 0 Å². The molecule has 0 saturated carbocycles. The zero-order valence-electron chi connectivity index (χ0n) is 13.4. The van der Waals surface area contributed by atoms with E-state index >= 15 is 0 Å². The number of rotatable bonds is 4. The van der Waals surface area contributed by atoms with Gasteiger partial charge in [-0.3, -0.25) is 9.79 Å². The fourth-order valence-corrected chi connectivity index (χ4v) is 3.23. The summed E-state index contributed by atoms with van der Waals surface area (Å²) < 4.78 is 4.88. The number of allylic oxidation sites excluding steroid dienone is 1. The third kappa shape index (κ3) is 3.99. The lowest BCUT2D eigenvalue weighted by Gasteiger charge is -2.21. The maximum atomic E-state index is 11.8. The third-order valence-corrected chi connectivity index (χ3v) is 4.49. The first kappa shape index (κ1) is 15.9. The SMILES string of the molecule is CN=C(NCCC1=CCCC1)N1CC(C)C(C(=O)OC)C1. The summed E-state index contributed by atoms with van der Waals surface area (Å²) >= 11 is 0. The zero-order chi connectivity index (χ0) is 15.2. The second-order valence-electron chi connectivity index (χ2n) is 5.99. The highest BCUT2D eigenvalue weighted by molar-refractivity contribution is 5.82. The molecule has 1 saturated heterocycles. The maximum Gasteiger partial charge on any atom is 0.310 e. The number of nitrogens with one attached hydrogen (secondary N) is 1. The molecule has 1 fully saturated rings. The molecule has 5 heteroatoms. The molecule has 0 bridgehead atoms. The van der Waals surface area contributed by atoms with E-state index in [-0.39, 0.29) is 11.9 Å². The lowest BCUT2D eigenvalue weighted by Crippen LogP contribution is -2.41. The van der Waals surface area contributed by atoms with Gasteiger partial charge >= 0.3 is 5.97 Å². The summed E-state index contributed by atoms with van der Waals surface area (Å²) in [5.41, 5.74) is 1.56. The van der Waals surface area contributed by atoms with Gasteiger partial charge in [-0.25, -0.2) is 0 Å². The minimum absolute atomic E-state index is 0.0499. The monoisotopic (exact) mass is 293 g/mol. The topological polar surface area (TPSA) is 53.9 Å². The van der Waals surface area contributed by atoms with Crippen molar-refractivity contribution in [2.24, 2.45) is 16.8 Å². The van der Waals surface area contributed by atoms with Crippen LogP contribution in [0.15, 0.2) is 16.6 Å². The highest BCUT2D eigenvalue weighted by Crippen LogP contribution is 2.24. The average molecular weight is 293 g/mol. The van der Waals surface area contributed by atoms with Crippen molar-refractivity contribution in [2.45, 2.75) is 32.6 Å². The van der Waals surface area contributed by atoms with Crippen LogP contribution < -0.4 is 5.32 Å². The normalized spacial score (nSPS) is 26.0. The number of methoxy groups -OCH3 is 1. The fraction of sp³-hybridized carbons (Fsp3) is 0.750. The molecule has 0 radical (unpaired) electrons. The van der Waals surface area contributed by atoms with Gasteiger partial charge in [0.25, 0.3) is 0 Å². The summed E-state index contributed by atoms with van der Waals surface area (Å²) in [6, 6.07) is 0. The summed E-state index contributed by atoms with van der Waals surface area (Å²) in [7, 11) is 3.26. The third-order valence-electron chi connectivity index (χ3n) is 4.49. The second-order valence-corrected chi connectivity index (χ2v) is 5.99. The summed E-state index contributed by atoms with van der Waals surface area (Å²) in [5, 5.41) is 3.42. The van der Waals surface area contributed by atoms with Gasteiger partial charge in [0.15, 0.2) is 5.96 Å². The number of nitrogens with zero attached hydrogens (tertiary/aromatic N) is 2. The molecule has 1 N–H and O–H groups in total. The number of carbonyl (C=O) groups is 1. The summed E-state index contributed by atoms with van der Waals surface area (Å²) in [4.78, 5) is 18.3. The van der Waals surface area contributed by atoms with Gasteiger partial charge in [-0.2, -0.15) is 0 Å². The lowest BCUT2D eigenvalue weighted by molar-refractivity contribution is -0.145. The van der Waals surface area contributed by atoms with Gasteiger partial charge in [0, 0.05) is 26.7 Å². The van der Waals surface area contributed by atoms with Gasteiger partial charge in [0.05, 0.1) is 13.0 Å².